The van der Waals surface area contributed by atoms with Crippen molar-refractivity contribution in [1.29, 1.82) is 0 Å². The number of carbonyl (C=O) groups is 2. The zero-order valence-corrected chi connectivity index (χ0v) is 16.1. The van der Waals surface area contributed by atoms with Crippen LogP contribution in [-0.4, -0.2) is 17.6 Å². The molecule has 1 aliphatic heterocycles. The highest BCUT2D eigenvalue weighted by Crippen LogP contribution is 2.35. The second kappa shape index (κ2) is 8.17. The Morgan fingerprint density at radius 1 is 1.07 bits per heavy atom. The number of fused-ring (bicyclic) bond motifs is 1. The van der Waals surface area contributed by atoms with Crippen molar-refractivity contribution in [2.24, 2.45) is 5.92 Å². The van der Waals surface area contributed by atoms with Gasteiger partial charge in [0.2, 0.25) is 5.91 Å². The van der Waals surface area contributed by atoms with E-state index in [1.165, 1.54) is 36.6 Å². The standard InChI is InChI=1S/C22H24N2O2S/c25-20-14-27-19-12-11-17(13-18(19)23-20)22(26)24-21(15-7-3-1-4-8-15)16-9-5-2-6-10-16/h1,3-4,7-8,11-13,16,21H,2,5-6,9-10,14H2,(H,23,25)(H,24,26). The Bertz CT molecular complexity index is 831. The summed E-state index contributed by atoms with van der Waals surface area (Å²) in [6.45, 7) is 0. The van der Waals surface area contributed by atoms with E-state index in [4.69, 9.17) is 0 Å². The molecule has 4 rings (SSSR count). The SMILES string of the molecule is O=C1CSc2ccc(C(=O)NC(c3ccccc3)C3CCCCC3)cc2N1. The van der Waals surface area contributed by atoms with Crippen molar-refractivity contribution >= 4 is 29.3 Å². The van der Waals surface area contributed by atoms with Gasteiger partial charge in [-0.2, -0.15) is 0 Å². The van der Waals surface area contributed by atoms with E-state index in [2.05, 4.69) is 22.8 Å². The van der Waals surface area contributed by atoms with Crippen LogP contribution in [0, 0.1) is 5.92 Å². The molecule has 2 aliphatic rings. The van der Waals surface area contributed by atoms with E-state index in [0.29, 0.717) is 17.2 Å². The second-order valence-corrected chi connectivity index (χ2v) is 8.32. The summed E-state index contributed by atoms with van der Waals surface area (Å²) in [6, 6.07) is 15.9. The number of anilines is 1. The summed E-state index contributed by atoms with van der Waals surface area (Å²) < 4.78 is 0. The molecule has 0 bridgehead atoms. The van der Waals surface area contributed by atoms with Crippen LogP contribution in [0.15, 0.2) is 53.4 Å². The van der Waals surface area contributed by atoms with Gasteiger partial charge in [-0.05, 0) is 42.5 Å². The lowest BCUT2D eigenvalue weighted by Gasteiger charge is -2.31. The van der Waals surface area contributed by atoms with Gasteiger partial charge in [0.1, 0.15) is 0 Å². The summed E-state index contributed by atoms with van der Waals surface area (Å²) in [6.07, 6.45) is 6.04. The summed E-state index contributed by atoms with van der Waals surface area (Å²) >= 11 is 1.51. The molecule has 5 heteroatoms. The molecule has 2 aromatic rings. The highest BCUT2D eigenvalue weighted by atomic mass is 32.2. The minimum atomic E-state index is -0.0814. The van der Waals surface area contributed by atoms with E-state index in [-0.39, 0.29) is 17.9 Å². The molecule has 2 amide bonds. The van der Waals surface area contributed by atoms with Crippen LogP contribution in [0.2, 0.25) is 0 Å². The lowest BCUT2D eigenvalue weighted by molar-refractivity contribution is -0.113. The molecule has 27 heavy (non-hydrogen) atoms. The molecule has 1 saturated carbocycles. The summed E-state index contributed by atoms with van der Waals surface area (Å²) in [4.78, 5) is 25.7. The normalized spacial score (nSPS) is 18.3. The van der Waals surface area contributed by atoms with Crippen molar-refractivity contribution in [3.05, 3.63) is 59.7 Å². The van der Waals surface area contributed by atoms with E-state index in [1.54, 1.807) is 6.07 Å². The van der Waals surface area contributed by atoms with Crippen LogP contribution in [0.3, 0.4) is 0 Å². The predicted octanol–water partition coefficient (Wildman–Crippen LogP) is 4.78. The summed E-state index contributed by atoms with van der Waals surface area (Å²) in [5, 5.41) is 6.14. The van der Waals surface area contributed by atoms with Crippen molar-refractivity contribution < 1.29 is 9.59 Å². The molecule has 0 saturated heterocycles. The molecule has 2 aromatic carbocycles. The zero-order valence-electron chi connectivity index (χ0n) is 15.2. The van der Waals surface area contributed by atoms with Gasteiger partial charge < -0.3 is 10.6 Å². The summed E-state index contributed by atoms with van der Waals surface area (Å²) in [5.74, 6) is 0.797. The average Bonchev–Trinajstić information content (AvgIpc) is 2.72. The molecule has 1 unspecified atom stereocenters. The van der Waals surface area contributed by atoms with Gasteiger partial charge in [-0.1, -0.05) is 49.6 Å². The van der Waals surface area contributed by atoms with Crippen LogP contribution >= 0.6 is 11.8 Å². The largest absolute Gasteiger partial charge is 0.345 e. The zero-order chi connectivity index (χ0) is 18.6. The lowest BCUT2D eigenvalue weighted by Crippen LogP contribution is -2.34. The fourth-order valence-electron chi connectivity index (χ4n) is 4.05. The smallest absolute Gasteiger partial charge is 0.251 e. The van der Waals surface area contributed by atoms with Gasteiger partial charge in [-0.25, -0.2) is 0 Å². The number of carbonyl (C=O) groups excluding carboxylic acids is 2. The van der Waals surface area contributed by atoms with Crippen molar-refractivity contribution in [3.8, 4) is 0 Å². The Morgan fingerprint density at radius 2 is 1.85 bits per heavy atom. The lowest BCUT2D eigenvalue weighted by atomic mass is 9.81. The van der Waals surface area contributed by atoms with Gasteiger partial charge in [-0.15, -0.1) is 11.8 Å². The third-order valence-electron chi connectivity index (χ3n) is 5.44. The molecular formula is C22H24N2O2S. The fraction of sp³-hybridized carbons (Fsp3) is 0.364. The summed E-state index contributed by atoms with van der Waals surface area (Å²) in [5.41, 5.74) is 2.49. The molecule has 1 aliphatic carbocycles. The molecule has 0 radical (unpaired) electrons. The number of hydrogen-bond acceptors (Lipinski definition) is 3. The maximum atomic E-state index is 13.0. The Morgan fingerprint density at radius 3 is 2.63 bits per heavy atom. The van der Waals surface area contributed by atoms with Gasteiger partial charge in [0, 0.05) is 10.5 Å². The third kappa shape index (κ3) is 4.19. The maximum Gasteiger partial charge on any atom is 0.251 e. The van der Waals surface area contributed by atoms with E-state index in [9.17, 15) is 9.59 Å². The molecular weight excluding hydrogens is 356 g/mol. The Kier molecular flexibility index (Phi) is 5.48. The maximum absolute atomic E-state index is 13.0. The van der Waals surface area contributed by atoms with Crippen LogP contribution in [-0.2, 0) is 4.79 Å². The highest BCUT2D eigenvalue weighted by Gasteiger charge is 2.27. The fourth-order valence-corrected chi connectivity index (χ4v) is 4.84. The van der Waals surface area contributed by atoms with Crippen LogP contribution in [0.25, 0.3) is 0 Å². The number of rotatable bonds is 4. The second-order valence-electron chi connectivity index (χ2n) is 7.31. The Hall–Kier alpha value is -2.27. The first-order chi connectivity index (χ1) is 13.2. The Labute approximate surface area is 164 Å². The van der Waals surface area contributed by atoms with Crippen molar-refractivity contribution in [3.63, 3.8) is 0 Å². The number of hydrogen-bond donors (Lipinski definition) is 2. The van der Waals surface area contributed by atoms with E-state index in [0.717, 1.165) is 23.4 Å². The van der Waals surface area contributed by atoms with Gasteiger partial charge in [-0.3, -0.25) is 9.59 Å². The number of benzene rings is 2. The van der Waals surface area contributed by atoms with Gasteiger partial charge >= 0.3 is 0 Å². The molecule has 0 aromatic heterocycles. The van der Waals surface area contributed by atoms with Crippen molar-refractivity contribution in [1.82, 2.24) is 5.32 Å². The molecule has 1 heterocycles. The third-order valence-corrected chi connectivity index (χ3v) is 6.51. The van der Waals surface area contributed by atoms with Crippen molar-refractivity contribution in [2.75, 3.05) is 11.1 Å². The van der Waals surface area contributed by atoms with Crippen molar-refractivity contribution in [2.45, 2.75) is 43.0 Å². The van der Waals surface area contributed by atoms with E-state index in [1.807, 2.05) is 30.3 Å². The van der Waals surface area contributed by atoms with Crippen LogP contribution in [0.4, 0.5) is 5.69 Å². The molecule has 0 spiro atoms. The van der Waals surface area contributed by atoms with Crippen LogP contribution in [0.5, 0.6) is 0 Å². The molecule has 140 valence electrons. The number of thioether (sulfide) groups is 1. The van der Waals surface area contributed by atoms with Gasteiger partial charge in [0.05, 0.1) is 17.5 Å². The van der Waals surface area contributed by atoms with E-state index >= 15 is 0 Å². The minimum Gasteiger partial charge on any atom is -0.345 e. The van der Waals surface area contributed by atoms with Gasteiger partial charge in [0.15, 0.2) is 0 Å². The van der Waals surface area contributed by atoms with E-state index < -0.39 is 0 Å². The Balaban J connectivity index is 1.56. The number of amides is 2. The molecule has 2 N–H and O–H groups in total. The van der Waals surface area contributed by atoms with Gasteiger partial charge in [0.25, 0.3) is 5.91 Å². The first-order valence-electron chi connectivity index (χ1n) is 9.63. The minimum absolute atomic E-state index is 0.0191. The number of nitrogens with one attached hydrogen (secondary N) is 2. The topological polar surface area (TPSA) is 58.2 Å². The first kappa shape index (κ1) is 18.1. The molecule has 4 nitrogen and oxygen atoms in total. The predicted molar refractivity (Wildman–Crippen MR) is 109 cm³/mol. The first-order valence-corrected chi connectivity index (χ1v) is 10.6. The molecule has 1 atom stereocenters. The monoisotopic (exact) mass is 380 g/mol. The molecule has 1 fully saturated rings. The van der Waals surface area contributed by atoms with Crippen LogP contribution < -0.4 is 10.6 Å². The summed E-state index contributed by atoms with van der Waals surface area (Å²) in [7, 11) is 0. The highest BCUT2D eigenvalue weighted by molar-refractivity contribution is 8.00. The van der Waals surface area contributed by atoms with Crippen LogP contribution in [0.1, 0.15) is 54.1 Å². The average molecular weight is 381 g/mol. The quantitative estimate of drug-likeness (QED) is 0.802.